The van der Waals surface area contributed by atoms with Gasteiger partial charge in [-0.1, -0.05) is 23.7 Å². The van der Waals surface area contributed by atoms with Crippen LogP contribution in [0, 0.1) is 3.57 Å². The topological polar surface area (TPSA) is 55.8 Å². The van der Waals surface area contributed by atoms with Gasteiger partial charge in [-0.15, -0.1) is 0 Å². The Bertz CT molecular complexity index is 645. The van der Waals surface area contributed by atoms with Crippen LogP contribution in [-0.4, -0.2) is 24.3 Å². The summed E-state index contributed by atoms with van der Waals surface area (Å²) < 4.78 is 11.8. The van der Waals surface area contributed by atoms with E-state index in [0.717, 1.165) is 3.57 Å². The summed E-state index contributed by atoms with van der Waals surface area (Å²) in [6.07, 6.45) is 0. The summed E-state index contributed by atoms with van der Waals surface area (Å²) >= 11 is 8.01. The molecule has 110 valence electrons. The summed E-state index contributed by atoms with van der Waals surface area (Å²) in [6.45, 7) is 0.501. The van der Waals surface area contributed by atoms with E-state index < -0.39 is 5.97 Å². The van der Waals surface area contributed by atoms with Gasteiger partial charge < -0.3 is 14.6 Å². The number of carboxylic acid groups (broad SMARTS) is 1. The predicted molar refractivity (Wildman–Crippen MR) is 88.6 cm³/mol. The normalized spacial score (nSPS) is 10.2. The third kappa shape index (κ3) is 4.50. The van der Waals surface area contributed by atoms with E-state index >= 15 is 0 Å². The van der Waals surface area contributed by atoms with Crippen molar-refractivity contribution in [3.05, 3.63) is 56.6 Å². The Morgan fingerprint density at radius 2 is 1.76 bits per heavy atom. The van der Waals surface area contributed by atoms with Gasteiger partial charge in [-0.3, -0.25) is 0 Å². The highest BCUT2D eigenvalue weighted by atomic mass is 127. The van der Waals surface area contributed by atoms with Crippen molar-refractivity contribution in [2.24, 2.45) is 0 Å². The number of hydrogen-bond donors (Lipinski definition) is 1. The fourth-order valence-corrected chi connectivity index (χ4v) is 2.34. The van der Waals surface area contributed by atoms with E-state index in [0.29, 0.717) is 16.5 Å². The van der Waals surface area contributed by atoms with E-state index in [1.165, 1.54) is 0 Å². The molecule has 21 heavy (non-hydrogen) atoms. The maximum absolute atomic E-state index is 11.1. The van der Waals surface area contributed by atoms with Crippen LogP contribution in [0.3, 0.4) is 0 Å². The molecule has 2 aromatic rings. The third-order valence-corrected chi connectivity index (χ3v) is 3.59. The number of rotatable bonds is 6. The standard InChI is InChI=1S/C15H12ClIO4/c16-12-3-1-2-4-14(12)21-8-7-20-13-6-5-10(17)9-11(13)15(18)19/h1-6,9H,7-8H2,(H,18,19). The van der Waals surface area contributed by atoms with Gasteiger partial charge in [-0.2, -0.15) is 0 Å². The Hall–Kier alpha value is -1.47. The lowest BCUT2D eigenvalue weighted by Gasteiger charge is -2.11. The molecule has 0 aliphatic carbocycles. The molecule has 2 aromatic carbocycles. The fraction of sp³-hybridized carbons (Fsp3) is 0.133. The molecule has 0 aliphatic rings. The number of carboxylic acids is 1. The number of halogens is 2. The minimum Gasteiger partial charge on any atom is -0.489 e. The van der Waals surface area contributed by atoms with E-state index in [1.54, 1.807) is 30.3 Å². The van der Waals surface area contributed by atoms with Gasteiger partial charge in [0.15, 0.2) is 0 Å². The van der Waals surface area contributed by atoms with Gasteiger partial charge in [-0.25, -0.2) is 4.79 Å². The highest BCUT2D eigenvalue weighted by molar-refractivity contribution is 14.1. The summed E-state index contributed by atoms with van der Waals surface area (Å²) in [4.78, 5) is 11.1. The average Bonchev–Trinajstić information content (AvgIpc) is 2.46. The minimum atomic E-state index is -1.02. The van der Waals surface area contributed by atoms with E-state index in [-0.39, 0.29) is 18.8 Å². The first-order chi connectivity index (χ1) is 10.1. The van der Waals surface area contributed by atoms with Gasteiger partial charge in [0.25, 0.3) is 0 Å². The number of para-hydroxylation sites is 1. The molecule has 0 fully saturated rings. The van der Waals surface area contributed by atoms with Gasteiger partial charge >= 0.3 is 5.97 Å². The Kier molecular flexibility index (Phi) is 5.69. The van der Waals surface area contributed by atoms with Gasteiger partial charge in [0, 0.05) is 3.57 Å². The summed E-state index contributed by atoms with van der Waals surface area (Å²) in [5, 5.41) is 9.65. The molecule has 2 rings (SSSR count). The Balaban J connectivity index is 1.92. The van der Waals surface area contributed by atoms with Crippen LogP contribution in [0.4, 0.5) is 0 Å². The van der Waals surface area contributed by atoms with Crippen molar-refractivity contribution in [3.8, 4) is 11.5 Å². The number of benzene rings is 2. The average molecular weight is 419 g/mol. The summed E-state index contributed by atoms with van der Waals surface area (Å²) in [7, 11) is 0. The molecular weight excluding hydrogens is 407 g/mol. The van der Waals surface area contributed by atoms with E-state index in [4.69, 9.17) is 26.2 Å². The van der Waals surface area contributed by atoms with Crippen LogP contribution < -0.4 is 9.47 Å². The zero-order chi connectivity index (χ0) is 15.2. The minimum absolute atomic E-state index is 0.139. The van der Waals surface area contributed by atoms with E-state index in [2.05, 4.69) is 22.6 Å². The van der Waals surface area contributed by atoms with Gasteiger partial charge in [0.1, 0.15) is 30.3 Å². The van der Waals surface area contributed by atoms with Crippen LogP contribution in [0.25, 0.3) is 0 Å². The maximum Gasteiger partial charge on any atom is 0.339 e. The van der Waals surface area contributed by atoms with Crippen molar-refractivity contribution in [3.63, 3.8) is 0 Å². The second-order valence-electron chi connectivity index (χ2n) is 4.07. The molecule has 0 aliphatic heterocycles. The fourth-order valence-electron chi connectivity index (χ4n) is 1.66. The summed E-state index contributed by atoms with van der Waals surface area (Å²) in [6, 6.07) is 12.1. The summed E-state index contributed by atoms with van der Waals surface area (Å²) in [5.41, 5.74) is 0.139. The second kappa shape index (κ2) is 7.51. The zero-order valence-corrected chi connectivity index (χ0v) is 13.8. The molecule has 0 saturated heterocycles. The van der Waals surface area contributed by atoms with Crippen LogP contribution >= 0.6 is 34.2 Å². The summed E-state index contributed by atoms with van der Waals surface area (Å²) in [5.74, 6) is -0.120. The maximum atomic E-state index is 11.1. The number of ether oxygens (including phenoxy) is 2. The molecule has 0 unspecified atom stereocenters. The first-order valence-electron chi connectivity index (χ1n) is 6.11. The number of hydrogen-bond acceptors (Lipinski definition) is 3. The predicted octanol–water partition coefficient (Wildman–Crippen LogP) is 4.10. The number of aromatic carboxylic acids is 1. The van der Waals surface area contributed by atoms with Crippen LogP contribution in [0.2, 0.25) is 5.02 Å². The van der Waals surface area contributed by atoms with Crippen LogP contribution in [0.1, 0.15) is 10.4 Å². The first kappa shape index (κ1) is 15.9. The van der Waals surface area contributed by atoms with Crippen molar-refractivity contribution in [1.82, 2.24) is 0 Å². The van der Waals surface area contributed by atoms with Crippen molar-refractivity contribution in [2.75, 3.05) is 13.2 Å². The molecule has 0 spiro atoms. The van der Waals surface area contributed by atoms with Crippen LogP contribution in [-0.2, 0) is 0 Å². The molecule has 0 amide bonds. The smallest absolute Gasteiger partial charge is 0.339 e. The largest absolute Gasteiger partial charge is 0.489 e. The first-order valence-corrected chi connectivity index (χ1v) is 7.56. The lowest BCUT2D eigenvalue weighted by molar-refractivity contribution is 0.0691. The zero-order valence-electron chi connectivity index (χ0n) is 10.9. The Morgan fingerprint density at radius 1 is 1.10 bits per heavy atom. The highest BCUT2D eigenvalue weighted by Crippen LogP contribution is 2.24. The van der Waals surface area contributed by atoms with Crippen molar-refractivity contribution in [2.45, 2.75) is 0 Å². The monoisotopic (exact) mass is 418 g/mol. The molecule has 0 heterocycles. The van der Waals surface area contributed by atoms with Crippen LogP contribution in [0.15, 0.2) is 42.5 Å². The molecule has 0 aromatic heterocycles. The molecule has 0 bridgehead atoms. The Labute approximate surface area is 140 Å². The lowest BCUT2D eigenvalue weighted by Crippen LogP contribution is -2.11. The molecule has 0 radical (unpaired) electrons. The molecule has 0 saturated carbocycles. The molecule has 1 N–H and O–H groups in total. The van der Waals surface area contributed by atoms with Crippen LogP contribution in [0.5, 0.6) is 11.5 Å². The van der Waals surface area contributed by atoms with E-state index in [9.17, 15) is 4.79 Å². The van der Waals surface area contributed by atoms with E-state index in [1.807, 2.05) is 12.1 Å². The molecule has 4 nitrogen and oxygen atoms in total. The van der Waals surface area contributed by atoms with Gasteiger partial charge in [-0.05, 0) is 52.9 Å². The quantitative estimate of drug-likeness (QED) is 0.567. The highest BCUT2D eigenvalue weighted by Gasteiger charge is 2.11. The number of carbonyl (C=O) groups is 1. The second-order valence-corrected chi connectivity index (χ2v) is 5.73. The van der Waals surface area contributed by atoms with Crippen molar-refractivity contribution < 1.29 is 19.4 Å². The van der Waals surface area contributed by atoms with Crippen molar-refractivity contribution >= 4 is 40.2 Å². The lowest BCUT2D eigenvalue weighted by atomic mass is 10.2. The third-order valence-electron chi connectivity index (χ3n) is 2.61. The molecular formula is C15H12ClIO4. The SMILES string of the molecule is O=C(O)c1cc(I)ccc1OCCOc1ccccc1Cl. The molecule has 6 heteroatoms. The van der Waals surface area contributed by atoms with Crippen molar-refractivity contribution in [1.29, 1.82) is 0 Å². The van der Waals surface area contributed by atoms with Gasteiger partial charge in [0.2, 0.25) is 0 Å². The molecule has 0 atom stereocenters. The Morgan fingerprint density at radius 3 is 2.43 bits per heavy atom. The van der Waals surface area contributed by atoms with Gasteiger partial charge in [0.05, 0.1) is 5.02 Å².